The van der Waals surface area contributed by atoms with Crippen LogP contribution >= 0.6 is 0 Å². The second-order valence-electron chi connectivity index (χ2n) is 6.87. The third kappa shape index (κ3) is 1.67. The second kappa shape index (κ2) is 4.12. The van der Waals surface area contributed by atoms with E-state index in [4.69, 9.17) is 4.74 Å². The fourth-order valence-corrected chi connectivity index (χ4v) is 4.27. The van der Waals surface area contributed by atoms with Gasteiger partial charge in [0, 0.05) is 12.2 Å². The van der Waals surface area contributed by atoms with Crippen molar-refractivity contribution in [2.75, 3.05) is 12.4 Å². The largest absolute Gasteiger partial charge is 0.480 e. The van der Waals surface area contributed by atoms with Gasteiger partial charge in [-0.15, -0.1) is 0 Å². The Morgan fingerprint density at radius 1 is 1.37 bits per heavy atom. The van der Waals surface area contributed by atoms with E-state index in [1.165, 1.54) is 19.3 Å². The monoisotopic (exact) mass is 260 g/mol. The number of anilines is 1. The van der Waals surface area contributed by atoms with Crippen LogP contribution in [0.5, 0.6) is 5.88 Å². The highest BCUT2D eigenvalue weighted by Crippen LogP contribution is 2.65. The van der Waals surface area contributed by atoms with Gasteiger partial charge < -0.3 is 10.1 Å². The number of hydrogen-bond donors (Lipinski definition) is 1. The molecule has 2 saturated carbocycles. The molecule has 0 radical (unpaired) electrons. The van der Waals surface area contributed by atoms with Crippen molar-refractivity contribution in [3.05, 3.63) is 18.3 Å². The maximum absolute atomic E-state index is 5.35. The molecule has 0 amide bonds. The molecule has 2 aliphatic rings. The molecule has 1 aromatic rings. The Hall–Kier alpha value is -1.25. The summed E-state index contributed by atoms with van der Waals surface area (Å²) in [5, 5.41) is 3.70. The summed E-state index contributed by atoms with van der Waals surface area (Å²) in [5.74, 6) is 1.55. The van der Waals surface area contributed by atoms with Crippen molar-refractivity contribution < 1.29 is 4.74 Å². The van der Waals surface area contributed by atoms with Gasteiger partial charge in [0.2, 0.25) is 5.88 Å². The molecule has 2 fully saturated rings. The smallest absolute Gasteiger partial charge is 0.237 e. The van der Waals surface area contributed by atoms with Gasteiger partial charge in [0.25, 0.3) is 0 Å². The van der Waals surface area contributed by atoms with E-state index in [9.17, 15) is 0 Å². The number of nitrogens with zero attached hydrogens (tertiary/aromatic N) is 1. The summed E-state index contributed by atoms with van der Waals surface area (Å²) in [6, 6.07) is 4.55. The van der Waals surface area contributed by atoms with Crippen molar-refractivity contribution >= 4 is 5.69 Å². The number of fused-ring (bicyclic) bond motifs is 2. The Bertz CT molecular complexity index is 485. The fraction of sp³-hybridized carbons (Fsp3) is 0.688. The van der Waals surface area contributed by atoms with Crippen LogP contribution in [0.1, 0.15) is 40.0 Å². The summed E-state index contributed by atoms with van der Waals surface area (Å²) in [6.07, 6.45) is 5.74. The second-order valence-corrected chi connectivity index (χ2v) is 6.87. The lowest BCUT2D eigenvalue weighted by atomic mass is 9.69. The zero-order valence-corrected chi connectivity index (χ0v) is 12.4. The van der Waals surface area contributed by atoms with E-state index in [0.717, 1.165) is 11.6 Å². The lowest BCUT2D eigenvalue weighted by Gasteiger charge is -2.40. The summed E-state index contributed by atoms with van der Waals surface area (Å²) < 4.78 is 5.35. The van der Waals surface area contributed by atoms with Crippen molar-refractivity contribution in [3.8, 4) is 5.88 Å². The predicted octanol–water partition coefficient (Wildman–Crippen LogP) is 3.72. The van der Waals surface area contributed by atoms with Gasteiger partial charge in [-0.3, -0.25) is 0 Å². The van der Waals surface area contributed by atoms with Crippen LogP contribution in [0.4, 0.5) is 5.69 Å². The van der Waals surface area contributed by atoms with Crippen LogP contribution in [0.25, 0.3) is 0 Å². The molecule has 2 bridgehead atoms. The van der Waals surface area contributed by atoms with Crippen LogP contribution in [0.2, 0.25) is 0 Å². The first-order valence-electron chi connectivity index (χ1n) is 7.24. The Morgan fingerprint density at radius 2 is 2.16 bits per heavy atom. The van der Waals surface area contributed by atoms with E-state index in [2.05, 4.69) is 37.1 Å². The van der Waals surface area contributed by atoms with Crippen LogP contribution in [-0.2, 0) is 0 Å². The molecular formula is C16H24N2O. The molecule has 19 heavy (non-hydrogen) atoms. The summed E-state index contributed by atoms with van der Waals surface area (Å²) in [7, 11) is 1.68. The number of pyridine rings is 1. The first kappa shape index (κ1) is 12.8. The van der Waals surface area contributed by atoms with Gasteiger partial charge >= 0.3 is 0 Å². The Labute approximate surface area is 115 Å². The Morgan fingerprint density at radius 3 is 2.74 bits per heavy atom. The minimum absolute atomic E-state index is 0.374. The number of rotatable bonds is 3. The van der Waals surface area contributed by atoms with Gasteiger partial charge in [-0.05, 0) is 48.1 Å². The first-order chi connectivity index (χ1) is 8.99. The average Bonchev–Trinajstić information content (AvgIpc) is 2.72. The van der Waals surface area contributed by atoms with Crippen LogP contribution in [0, 0.1) is 16.7 Å². The highest BCUT2D eigenvalue weighted by molar-refractivity contribution is 5.53. The molecule has 1 aromatic heterocycles. The standard InChI is InChI=1S/C16H24N2O/c1-15(2)11-7-8-16(15,3)13(10-11)18-12-6-5-9-17-14(12)19-4/h5-6,9,11,13,18H,7-8,10H2,1-4H3. The fourth-order valence-electron chi connectivity index (χ4n) is 4.27. The summed E-state index contributed by atoms with van der Waals surface area (Å²) in [5.41, 5.74) is 1.83. The Kier molecular flexibility index (Phi) is 2.77. The van der Waals surface area contributed by atoms with E-state index in [-0.39, 0.29) is 0 Å². The molecule has 1 N–H and O–H groups in total. The van der Waals surface area contributed by atoms with Crippen LogP contribution in [0.3, 0.4) is 0 Å². The lowest BCUT2D eigenvalue weighted by Crippen LogP contribution is -2.40. The van der Waals surface area contributed by atoms with Crippen molar-refractivity contribution in [1.29, 1.82) is 0 Å². The molecule has 3 atom stereocenters. The lowest BCUT2D eigenvalue weighted by molar-refractivity contribution is 0.142. The SMILES string of the molecule is COc1ncccc1NC1CC2CCC1(C)C2(C)C. The Balaban J connectivity index is 1.86. The summed E-state index contributed by atoms with van der Waals surface area (Å²) >= 11 is 0. The zero-order chi connectivity index (χ0) is 13.7. The predicted molar refractivity (Wildman–Crippen MR) is 77.4 cm³/mol. The molecule has 0 aliphatic heterocycles. The molecule has 2 aliphatic carbocycles. The molecule has 3 heteroatoms. The minimum Gasteiger partial charge on any atom is -0.480 e. The maximum atomic E-state index is 5.35. The van der Waals surface area contributed by atoms with Crippen LogP contribution < -0.4 is 10.1 Å². The number of ether oxygens (including phenoxy) is 1. The summed E-state index contributed by atoms with van der Waals surface area (Å²) in [4.78, 5) is 4.28. The van der Waals surface area contributed by atoms with Gasteiger partial charge in [0.1, 0.15) is 0 Å². The molecule has 3 rings (SSSR count). The van der Waals surface area contributed by atoms with Crippen molar-refractivity contribution in [2.24, 2.45) is 16.7 Å². The van der Waals surface area contributed by atoms with Crippen LogP contribution in [-0.4, -0.2) is 18.1 Å². The maximum Gasteiger partial charge on any atom is 0.237 e. The highest BCUT2D eigenvalue weighted by Gasteiger charge is 2.61. The third-order valence-electron chi connectivity index (χ3n) is 6.09. The highest BCUT2D eigenvalue weighted by atomic mass is 16.5. The van der Waals surface area contributed by atoms with E-state index >= 15 is 0 Å². The molecule has 0 spiro atoms. The quantitative estimate of drug-likeness (QED) is 0.899. The zero-order valence-electron chi connectivity index (χ0n) is 12.4. The molecule has 0 aromatic carbocycles. The minimum atomic E-state index is 0.374. The van der Waals surface area contributed by atoms with Crippen molar-refractivity contribution in [1.82, 2.24) is 4.98 Å². The molecule has 3 unspecified atom stereocenters. The summed E-state index contributed by atoms with van der Waals surface area (Å²) in [6.45, 7) is 7.32. The number of hydrogen-bond acceptors (Lipinski definition) is 3. The van der Waals surface area contributed by atoms with Crippen molar-refractivity contribution in [2.45, 2.75) is 46.1 Å². The number of nitrogens with one attached hydrogen (secondary N) is 1. The van der Waals surface area contributed by atoms with Gasteiger partial charge in [-0.1, -0.05) is 20.8 Å². The number of aromatic nitrogens is 1. The van der Waals surface area contributed by atoms with Crippen LogP contribution in [0.15, 0.2) is 18.3 Å². The van der Waals surface area contributed by atoms with Gasteiger partial charge in [0.05, 0.1) is 12.8 Å². The van der Waals surface area contributed by atoms with E-state index in [1.54, 1.807) is 13.3 Å². The van der Waals surface area contributed by atoms with Crippen molar-refractivity contribution in [3.63, 3.8) is 0 Å². The van der Waals surface area contributed by atoms with Gasteiger partial charge in [0.15, 0.2) is 0 Å². The number of methoxy groups -OCH3 is 1. The molecule has 104 valence electrons. The van der Waals surface area contributed by atoms with E-state index in [1.807, 2.05) is 6.07 Å². The van der Waals surface area contributed by atoms with E-state index in [0.29, 0.717) is 22.8 Å². The first-order valence-corrected chi connectivity index (χ1v) is 7.24. The molecule has 3 nitrogen and oxygen atoms in total. The molecular weight excluding hydrogens is 236 g/mol. The van der Waals surface area contributed by atoms with Gasteiger partial charge in [-0.25, -0.2) is 4.98 Å². The van der Waals surface area contributed by atoms with Gasteiger partial charge in [-0.2, -0.15) is 0 Å². The topological polar surface area (TPSA) is 34.1 Å². The van der Waals surface area contributed by atoms with E-state index < -0.39 is 0 Å². The molecule has 0 saturated heterocycles. The molecule has 1 heterocycles. The average molecular weight is 260 g/mol. The normalized spacial score (nSPS) is 35.4. The third-order valence-corrected chi connectivity index (χ3v) is 6.09.